The first-order chi connectivity index (χ1) is 19.8. The second kappa shape index (κ2) is 12.0. The van der Waals surface area contributed by atoms with Crippen LogP contribution in [-0.2, 0) is 20.9 Å². The van der Waals surface area contributed by atoms with E-state index in [1.54, 1.807) is 19.2 Å². The highest BCUT2D eigenvalue weighted by Gasteiger charge is 2.48. The zero-order valence-corrected chi connectivity index (χ0v) is 27.2. The average Bonchev–Trinajstić information content (AvgIpc) is 2.89. The van der Waals surface area contributed by atoms with Crippen molar-refractivity contribution < 1.29 is 19.1 Å². The number of halogens is 3. The van der Waals surface area contributed by atoms with Gasteiger partial charge in [0.25, 0.3) is 0 Å². The summed E-state index contributed by atoms with van der Waals surface area (Å²) in [5.74, 6) is 0.257. The van der Waals surface area contributed by atoms with Crippen molar-refractivity contribution in [1.29, 1.82) is 0 Å². The molecule has 0 bridgehead atoms. The number of rotatable bonds is 8. The van der Waals surface area contributed by atoms with E-state index in [1.807, 2.05) is 24.3 Å². The van der Waals surface area contributed by atoms with Gasteiger partial charge in [-0.2, -0.15) is 0 Å². The molecular formula is C34H38Cl3NO4. The fourth-order valence-electron chi connectivity index (χ4n) is 6.62. The lowest BCUT2D eigenvalue weighted by Gasteiger charge is -2.49. The zero-order chi connectivity index (χ0) is 30.4. The summed E-state index contributed by atoms with van der Waals surface area (Å²) in [6.45, 7) is 10.2. The third-order valence-electron chi connectivity index (χ3n) is 8.42. The van der Waals surface area contributed by atoms with E-state index in [4.69, 9.17) is 44.3 Å². The summed E-state index contributed by atoms with van der Waals surface area (Å²) in [6.07, 6.45) is 3.21. The molecule has 2 aromatic rings. The molecule has 0 aromatic heterocycles. The van der Waals surface area contributed by atoms with Gasteiger partial charge in [0.2, 0.25) is 0 Å². The van der Waals surface area contributed by atoms with Crippen LogP contribution < -0.4 is 4.74 Å². The third kappa shape index (κ3) is 6.31. The third-order valence-corrected chi connectivity index (χ3v) is 9.45. The van der Waals surface area contributed by atoms with Crippen LogP contribution in [0.2, 0.25) is 15.1 Å². The minimum atomic E-state index is -0.456. The van der Waals surface area contributed by atoms with E-state index in [9.17, 15) is 9.59 Å². The molecule has 5 rings (SSSR count). The average molecular weight is 631 g/mol. The number of ether oxygens (including phenoxy) is 2. The van der Waals surface area contributed by atoms with Gasteiger partial charge in [-0.25, -0.2) is 0 Å². The van der Waals surface area contributed by atoms with E-state index < -0.39 is 5.92 Å². The Morgan fingerprint density at radius 2 is 1.43 bits per heavy atom. The smallest absolute Gasteiger partial charge is 0.162 e. The molecule has 2 aliphatic carbocycles. The quantitative estimate of drug-likeness (QED) is 0.273. The lowest BCUT2D eigenvalue weighted by atomic mass is 9.63. The van der Waals surface area contributed by atoms with E-state index in [0.29, 0.717) is 46.8 Å². The number of Topliss-reactive ketones (excluding diaryl/α,β-unsaturated/α-hetero) is 2. The first-order valence-electron chi connectivity index (χ1n) is 14.5. The molecule has 0 N–H and O–H groups in total. The summed E-state index contributed by atoms with van der Waals surface area (Å²) in [7, 11) is 1.70. The highest BCUT2D eigenvalue weighted by Crippen LogP contribution is 2.54. The van der Waals surface area contributed by atoms with Crippen LogP contribution in [0, 0.1) is 10.8 Å². The molecule has 0 amide bonds. The first kappa shape index (κ1) is 31.1. The number of hydrogen-bond acceptors (Lipinski definition) is 5. The molecule has 3 aliphatic rings. The number of nitrogens with zero attached hydrogens (tertiary/aromatic N) is 1. The minimum absolute atomic E-state index is 0.100. The van der Waals surface area contributed by atoms with Crippen LogP contribution in [-0.4, -0.2) is 36.7 Å². The predicted octanol–water partition coefficient (Wildman–Crippen LogP) is 8.95. The molecule has 0 unspecified atom stereocenters. The summed E-state index contributed by atoms with van der Waals surface area (Å²) >= 11 is 19.0. The van der Waals surface area contributed by atoms with Gasteiger partial charge >= 0.3 is 0 Å². The molecule has 0 saturated carbocycles. The highest BCUT2D eigenvalue weighted by molar-refractivity contribution is 6.42. The molecule has 1 heterocycles. The van der Waals surface area contributed by atoms with Gasteiger partial charge < -0.3 is 14.4 Å². The van der Waals surface area contributed by atoms with Crippen LogP contribution in [0.25, 0.3) is 0 Å². The lowest BCUT2D eigenvalue weighted by molar-refractivity contribution is -0.119. The minimum Gasteiger partial charge on any atom is -0.487 e. The van der Waals surface area contributed by atoms with Crippen molar-refractivity contribution >= 4 is 46.4 Å². The molecule has 42 heavy (non-hydrogen) atoms. The maximum atomic E-state index is 14.0. The maximum absolute atomic E-state index is 14.0. The van der Waals surface area contributed by atoms with Gasteiger partial charge in [-0.05, 0) is 65.5 Å². The van der Waals surface area contributed by atoms with Gasteiger partial charge in [0.1, 0.15) is 12.4 Å². The molecule has 8 heteroatoms. The lowest BCUT2D eigenvalue weighted by Crippen LogP contribution is -2.44. The Labute approximate surface area is 263 Å². The topological polar surface area (TPSA) is 55.8 Å². The summed E-state index contributed by atoms with van der Waals surface area (Å²) in [5.41, 5.74) is 4.90. The molecule has 0 radical (unpaired) electrons. The SMILES string of the molecule is COCCCN1C2=C(C(=O)CC(C)(C)C2)C(c2ccc(OCc3ccc(Cl)c(Cl)c3)c(Cl)c2)C2=C1CC(C)(C)CC2=O. The van der Waals surface area contributed by atoms with Crippen molar-refractivity contribution in [2.45, 2.75) is 72.3 Å². The molecule has 0 atom stereocenters. The predicted molar refractivity (Wildman–Crippen MR) is 168 cm³/mol. The van der Waals surface area contributed by atoms with Crippen LogP contribution >= 0.6 is 34.8 Å². The molecule has 0 fully saturated rings. The number of methoxy groups -OCH3 is 1. The standard InChI is InChI=1S/C34H38Cl3NO4/c1-33(2)15-25-31(27(39)17-33)30(32-26(38(25)11-6-12-41-5)16-34(3,4)18-28(32)40)21-8-10-29(24(37)14-21)42-19-20-7-9-22(35)23(36)13-20/h7-10,13-14,30H,6,11-12,15-19H2,1-5H3. The first-order valence-corrected chi connectivity index (χ1v) is 15.6. The van der Waals surface area contributed by atoms with Crippen molar-refractivity contribution in [3.05, 3.63) is 85.1 Å². The number of carbonyl (C=O) groups excluding carboxylic acids is 2. The van der Waals surface area contributed by atoms with Crippen molar-refractivity contribution in [2.24, 2.45) is 10.8 Å². The Hall–Kier alpha value is -2.31. The number of allylic oxidation sites excluding steroid dienone is 4. The normalized spacial score (nSPS) is 20.1. The van der Waals surface area contributed by atoms with Crippen LogP contribution in [0.15, 0.2) is 58.9 Å². The Balaban J connectivity index is 1.57. The van der Waals surface area contributed by atoms with E-state index in [2.05, 4.69) is 32.6 Å². The van der Waals surface area contributed by atoms with Gasteiger partial charge in [0.15, 0.2) is 11.6 Å². The van der Waals surface area contributed by atoms with Gasteiger partial charge in [-0.15, -0.1) is 0 Å². The van der Waals surface area contributed by atoms with Crippen LogP contribution in [0.1, 0.15) is 76.8 Å². The van der Waals surface area contributed by atoms with Gasteiger partial charge in [-0.3, -0.25) is 9.59 Å². The molecule has 2 aromatic carbocycles. The fourth-order valence-corrected chi connectivity index (χ4v) is 7.19. The second-order valence-corrected chi connectivity index (χ2v) is 14.5. The molecule has 0 saturated heterocycles. The summed E-state index contributed by atoms with van der Waals surface area (Å²) in [4.78, 5) is 30.2. The Bertz CT molecular complexity index is 1440. The van der Waals surface area contributed by atoms with Crippen molar-refractivity contribution in [1.82, 2.24) is 4.90 Å². The zero-order valence-electron chi connectivity index (χ0n) is 24.9. The Morgan fingerprint density at radius 1 is 0.810 bits per heavy atom. The number of ketones is 2. The van der Waals surface area contributed by atoms with Gasteiger partial charge in [0.05, 0.1) is 15.1 Å². The Morgan fingerprint density at radius 3 is 1.98 bits per heavy atom. The molecule has 5 nitrogen and oxygen atoms in total. The van der Waals surface area contributed by atoms with Gasteiger partial charge in [-0.1, -0.05) is 74.6 Å². The second-order valence-electron chi connectivity index (χ2n) is 13.3. The molecule has 224 valence electrons. The summed E-state index contributed by atoms with van der Waals surface area (Å²) in [6, 6.07) is 11.0. The maximum Gasteiger partial charge on any atom is 0.162 e. The van der Waals surface area contributed by atoms with E-state index in [-0.39, 0.29) is 29.0 Å². The number of carbonyl (C=O) groups is 2. The molecule has 0 spiro atoms. The van der Waals surface area contributed by atoms with E-state index >= 15 is 0 Å². The summed E-state index contributed by atoms with van der Waals surface area (Å²) in [5, 5.41) is 1.37. The number of benzene rings is 2. The van der Waals surface area contributed by atoms with Crippen LogP contribution in [0.4, 0.5) is 0 Å². The largest absolute Gasteiger partial charge is 0.487 e. The van der Waals surface area contributed by atoms with Crippen molar-refractivity contribution in [3.8, 4) is 5.75 Å². The van der Waals surface area contributed by atoms with Gasteiger partial charge in [0, 0.05) is 61.6 Å². The van der Waals surface area contributed by atoms with Crippen molar-refractivity contribution in [3.63, 3.8) is 0 Å². The fraction of sp³-hybridized carbons (Fsp3) is 0.471. The van der Waals surface area contributed by atoms with E-state index in [1.165, 1.54) is 0 Å². The van der Waals surface area contributed by atoms with E-state index in [0.717, 1.165) is 52.9 Å². The monoisotopic (exact) mass is 629 g/mol. The van der Waals surface area contributed by atoms with Crippen molar-refractivity contribution in [2.75, 3.05) is 20.3 Å². The number of hydrogen-bond donors (Lipinski definition) is 0. The van der Waals surface area contributed by atoms with Crippen LogP contribution in [0.5, 0.6) is 5.75 Å². The van der Waals surface area contributed by atoms with Crippen LogP contribution in [0.3, 0.4) is 0 Å². The molecule has 1 aliphatic heterocycles. The molecular weight excluding hydrogens is 593 g/mol. The summed E-state index contributed by atoms with van der Waals surface area (Å²) < 4.78 is 11.4. The highest BCUT2D eigenvalue weighted by atomic mass is 35.5. The Kier molecular flexibility index (Phi) is 8.89.